The molecule has 3 heteroatoms. The molecule has 3 rings (SSSR count). The summed E-state index contributed by atoms with van der Waals surface area (Å²) in [4.78, 5) is 14.8. The van der Waals surface area contributed by atoms with Crippen LogP contribution >= 0.6 is 0 Å². The molecule has 114 valence electrons. The number of nitrogens with one attached hydrogen (secondary N) is 1. The summed E-state index contributed by atoms with van der Waals surface area (Å²) in [5.41, 5.74) is 2.25. The monoisotopic (exact) mass is 286 g/mol. The highest BCUT2D eigenvalue weighted by atomic mass is 16.2. The number of aryl methyl sites for hydroxylation is 1. The van der Waals surface area contributed by atoms with Crippen molar-refractivity contribution in [2.75, 3.05) is 4.90 Å². The molecular formula is C18H26N2O. The van der Waals surface area contributed by atoms with Crippen LogP contribution in [-0.4, -0.2) is 17.6 Å². The van der Waals surface area contributed by atoms with Crippen LogP contribution < -0.4 is 10.2 Å². The second kappa shape index (κ2) is 5.70. The fraction of sp³-hybridized carbons (Fsp3) is 0.611. The van der Waals surface area contributed by atoms with Crippen molar-refractivity contribution in [2.45, 2.75) is 70.4 Å². The maximum absolute atomic E-state index is 12.9. The topological polar surface area (TPSA) is 32.3 Å². The zero-order valence-corrected chi connectivity index (χ0v) is 13.2. The Morgan fingerprint density at radius 1 is 1.19 bits per heavy atom. The van der Waals surface area contributed by atoms with Gasteiger partial charge >= 0.3 is 6.03 Å². The van der Waals surface area contributed by atoms with Gasteiger partial charge in [-0.15, -0.1) is 0 Å². The number of hydrogen-bond acceptors (Lipinski definition) is 1. The normalized spacial score (nSPS) is 21.7. The highest BCUT2D eigenvalue weighted by Gasteiger charge is 2.37. The highest BCUT2D eigenvalue weighted by Crippen LogP contribution is 2.36. The van der Waals surface area contributed by atoms with Crippen molar-refractivity contribution >= 4 is 11.7 Å². The van der Waals surface area contributed by atoms with E-state index in [-0.39, 0.29) is 11.6 Å². The van der Waals surface area contributed by atoms with Crippen LogP contribution in [-0.2, 0) is 6.42 Å². The lowest BCUT2D eigenvalue weighted by Gasteiger charge is -2.44. The molecule has 1 aromatic rings. The van der Waals surface area contributed by atoms with Crippen LogP contribution in [0.15, 0.2) is 24.3 Å². The molecule has 1 aliphatic carbocycles. The summed E-state index contributed by atoms with van der Waals surface area (Å²) in [5, 5.41) is 3.27. The van der Waals surface area contributed by atoms with Crippen LogP contribution in [0.4, 0.5) is 10.5 Å². The predicted molar refractivity (Wildman–Crippen MR) is 86.7 cm³/mol. The molecule has 21 heavy (non-hydrogen) atoms. The van der Waals surface area contributed by atoms with Crippen molar-refractivity contribution in [2.24, 2.45) is 0 Å². The van der Waals surface area contributed by atoms with Crippen LogP contribution in [0.5, 0.6) is 0 Å². The van der Waals surface area contributed by atoms with Gasteiger partial charge in [-0.05, 0) is 51.2 Å². The Labute approximate surface area is 127 Å². The number of fused-ring (bicyclic) bond motifs is 1. The van der Waals surface area contributed by atoms with E-state index < -0.39 is 0 Å². The molecule has 0 unspecified atom stereocenters. The molecule has 0 spiro atoms. The Morgan fingerprint density at radius 2 is 1.90 bits per heavy atom. The first-order valence-corrected chi connectivity index (χ1v) is 8.26. The first-order chi connectivity index (χ1) is 10.1. The highest BCUT2D eigenvalue weighted by molar-refractivity contribution is 5.95. The lowest BCUT2D eigenvalue weighted by atomic mass is 9.87. The molecule has 0 aromatic heterocycles. The largest absolute Gasteiger partial charge is 0.335 e. The lowest BCUT2D eigenvalue weighted by molar-refractivity contribution is 0.229. The van der Waals surface area contributed by atoms with E-state index in [0.717, 1.165) is 31.4 Å². The molecule has 3 nitrogen and oxygen atoms in total. The van der Waals surface area contributed by atoms with Gasteiger partial charge in [0.2, 0.25) is 0 Å². The Balaban J connectivity index is 1.82. The van der Waals surface area contributed by atoms with Gasteiger partial charge in [-0.2, -0.15) is 0 Å². The molecule has 1 fully saturated rings. The SMILES string of the molecule is CC1(C)CCc2ccccc2N1C(=O)NC1CCCCC1. The van der Waals surface area contributed by atoms with Gasteiger partial charge < -0.3 is 5.32 Å². The van der Waals surface area contributed by atoms with E-state index in [9.17, 15) is 4.79 Å². The lowest BCUT2D eigenvalue weighted by Crippen LogP contribution is -2.56. The Hall–Kier alpha value is -1.51. The summed E-state index contributed by atoms with van der Waals surface area (Å²) in [6.45, 7) is 4.34. The van der Waals surface area contributed by atoms with Crippen LogP contribution in [0.2, 0.25) is 0 Å². The van der Waals surface area contributed by atoms with E-state index in [1.807, 2.05) is 11.0 Å². The fourth-order valence-electron chi connectivity index (χ4n) is 3.69. The minimum atomic E-state index is -0.118. The summed E-state index contributed by atoms with van der Waals surface area (Å²) in [6, 6.07) is 8.76. The van der Waals surface area contributed by atoms with Crippen molar-refractivity contribution in [1.29, 1.82) is 0 Å². The minimum absolute atomic E-state index is 0.0825. The smallest absolute Gasteiger partial charge is 0.322 e. The number of rotatable bonds is 1. The van der Waals surface area contributed by atoms with Crippen LogP contribution in [0.25, 0.3) is 0 Å². The Morgan fingerprint density at radius 3 is 2.67 bits per heavy atom. The quantitative estimate of drug-likeness (QED) is 0.822. The second-order valence-electron chi connectivity index (χ2n) is 7.06. The van der Waals surface area contributed by atoms with E-state index in [1.54, 1.807) is 0 Å². The van der Waals surface area contributed by atoms with Crippen molar-refractivity contribution in [3.05, 3.63) is 29.8 Å². The van der Waals surface area contributed by atoms with Crippen molar-refractivity contribution < 1.29 is 4.79 Å². The molecule has 1 saturated carbocycles. The van der Waals surface area contributed by atoms with E-state index in [2.05, 4.69) is 37.4 Å². The van der Waals surface area contributed by atoms with Crippen molar-refractivity contribution in [1.82, 2.24) is 5.32 Å². The summed E-state index contributed by atoms with van der Waals surface area (Å²) in [7, 11) is 0. The molecule has 1 aliphatic heterocycles. The third-order valence-corrected chi connectivity index (χ3v) is 4.98. The van der Waals surface area contributed by atoms with Gasteiger partial charge in [0.1, 0.15) is 0 Å². The fourth-order valence-corrected chi connectivity index (χ4v) is 3.69. The van der Waals surface area contributed by atoms with Crippen molar-refractivity contribution in [3.8, 4) is 0 Å². The number of hydrogen-bond donors (Lipinski definition) is 1. The number of para-hydroxylation sites is 1. The van der Waals surface area contributed by atoms with Crippen molar-refractivity contribution in [3.63, 3.8) is 0 Å². The average Bonchev–Trinajstić information content (AvgIpc) is 2.47. The van der Waals surface area contributed by atoms with E-state index in [1.165, 1.54) is 24.8 Å². The predicted octanol–water partition coefficient (Wildman–Crippen LogP) is 4.26. The van der Waals surface area contributed by atoms with Gasteiger partial charge in [0.15, 0.2) is 0 Å². The summed E-state index contributed by atoms with van der Waals surface area (Å²) in [5.74, 6) is 0. The molecule has 2 aliphatic rings. The molecule has 0 bridgehead atoms. The maximum atomic E-state index is 12.9. The van der Waals surface area contributed by atoms with E-state index in [4.69, 9.17) is 0 Å². The van der Waals surface area contributed by atoms with E-state index >= 15 is 0 Å². The van der Waals surface area contributed by atoms with E-state index in [0.29, 0.717) is 6.04 Å². The van der Waals surface area contributed by atoms with Crippen LogP contribution in [0.3, 0.4) is 0 Å². The zero-order chi connectivity index (χ0) is 14.9. The number of carbonyl (C=O) groups is 1. The molecule has 0 radical (unpaired) electrons. The third-order valence-electron chi connectivity index (χ3n) is 4.98. The Kier molecular flexibility index (Phi) is 3.92. The molecular weight excluding hydrogens is 260 g/mol. The summed E-state index contributed by atoms with van der Waals surface area (Å²) < 4.78 is 0. The first-order valence-electron chi connectivity index (χ1n) is 8.26. The molecule has 0 atom stereocenters. The van der Waals surface area contributed by atoms with Gasteiger partial charge in [-0.3, -0.25) is 4.90 Å². The minimum Gasteiger partial charge on any atom is -0.335 e. The number of carbonyl (C=O) groups excluding carboxylic acids is 1. The number of amides is 2. The number of benzene rings is 1. The molecule has 1 heterocycles. The van der Waals surface area contributed by atoms with Gasteiger partial charge in [-0.25, -0.2) is 4.79 Å². The van der Waals surface area contributed by atoms with Gasteiger partial charge in [-0.1, -0.05) is 37.5 Å². The second-order valence-corrected chi connectivity index (χ2v) is 7.06. The summed E-state index contributed by atoms with van der Waals surface area (Å²) >= 11 is 0. The molecule has 0 saturated heterocycles. The Bertz CT molecular complexity index is 518. The number of nitrogens with zero attached hydrogens (tertiary/aromatic N) is 1. The number of anilines is 1. The molecule has 1 aromatic carbocycles. The standard InChI is InChI=1S/C18H26N2O/c1-18(2)13-12-14-8-6-7-11-16(14)20(18)17(21)19-15-9-4-3-5-10-15/h6-8,11,15H,3-5,9-10,12-13H2,1-2H3,(H,19,21). The van der Waals surface area contributed by atoms with Gasteiger partial charge in [0, 0.05) is 17.3 Å². The van der Waals surface area contributed by atoms with Crippen LogP contribution in [0.1, 0.15) is 57.9 Å². The molecule has 2 amide bonds. The first kappa shape index (κ1) is 14.4. The average molecular weight is 286 g/mol. The third kappa shape index (κ3) is 2.92. The van der Waals surface area contributed by atoms with Gasteiger partial charge in [0.25, 0.3) is 0 Å². The van der Waals surface area contributed by atoms with Gasteiger partial charge in [0.05, 0.1) is 0 Å². The summed E-state index contributed by atoms with van der Waals surface area (Å²) in [6.07, 6.45) is 8.11. The zero-order valence-electron chi connectivity index (χ0n) is 13.2. The maximum Gasteiger partial charge on any atom is 0.322 e. The molecule has 1 N–H and O–H groups in total. The van der Waals surface area contributed by atoms with Crippen LogP contribution in [0, 0.1) is 0 Å². The number of urea groups is 1.